The number of aryl methyl sites for hydroxylation is 1. The Morgan fingerprint density at radius 1 is 1.13 bits per heavy atom. The summed E-state index contributed by atoms with van der Waals surface area (Å²) in [6, 6.07) is 3.72. The van der Waals surface area contributed by atoms with Crippen LogP contribution in [0.15, 0.2) is 40.5 Å². The second-order valence-electron chi connectivity index (χ2n) is 9.32. The van der Waals surface area contributed by atoms with Gasteiger partial charge < -0.3 is 10.1 Å². The standard InChI is InChI=1S/C27H32N8O2S/c1-5-20-22(23(17-7-8-17)32-15-31-20)24-30-13-21-26(34-24)35(16(3)14-37-4)27(36)25(33-21)29-11-18-9-10-19(12-28-18)38-6-2/h9-10,12-13,15-17H,5-8,11,14H2,1-4H3,(H,29,33)/t16-/m0/s1. The highest BCUT2D eigenvalue weighted by atomic mass is 32.2. The van der Waals surface area contributed by atoms with Crippen LogP contribution in [0, 0.1) is 0 Å². The largest absolute Gasteiger partial charge is 0.383 e. The fourth-order valence-electron chi connectivity index (χ4n) is 4.52. The maximum absolute atomic E-state index is 13.7. The van der Waals surface area contributed by atoms with E-state index in [2.05, 4.69) is 44.1 Å². The maximum Gasteiger partial charge on any atom is 0.295 e. The smallest absolute Gasteiger partial charge is 0.295 e. The molecule has 11 heteroatoms. The van der Waals surface area contributed by atoms with Crippen molar-refractivity contribution >= 4 is 28.7 Å². The molecule has 4 aromatic rings. The number of methoxy groups -OCH3 is 1. The molecule has 0 aromatic carbocycles. The lowest BCUT2D eigenvalue weighted by Gasteiger charge is -2.19. The van der Waals surface area contributed by atoms with Gasteiger partial charge in [0.05, 0.1) is 48.0 Å². The lowest BCUT2D eigenvalue weighted by molar-refractivity contribution is 0.162. The fraction of sp³-hybridized carbons (Fsp3) is 0.444. The first kappa shape index (κ1) is 26.2. The summed E-state index contributed by atoms with van der Waals surface area (Å²) in [6.07, 6.45) is 8.08. The molecule has 1 aliphatic rings. The van der Waals surface area contributed by atoms with Crippen molar-refractivity contribution in [3.05, 3.63) is 58.3 Å². The summed E-state index contributed by atoms with van der Waals surface area (Å²) in [5, 5.41) is 3.18. The number of fused-ring (bicyclic) bond motifs is 1. The van der Waals surface area contributed by atoms with Gasteiger partial charge in [0.15, 0.2) is 17.3 Å². The van der Waals surface area contributed by atoms with Crippen LogP contribution in [0.5, 0.6) is 0 Å². The molecule has 198 valence electrons. The van der Waals surface area contributed by atoms with Crippen molar-refractivity contribution in [1.82, 2.24) is 34.5 Å². The predicted octanol–water partition coefficient (Wildman–Crippen LogP) is 4.41. The van der Waals surface area contributed by atoms with Crippen LogP contribution in [-0.2, 0) is 17.7 Å². The Balaban J connectivity index is 1.56. The molecule has 38 heavy (non-hydrogen) atoms. The van der Waals surface area contributed by atoms with Gasteiger partial charge in [0, 0.05) is 24.1 Å². The van der Waals surface area contributed by atoms with E-state index in [0.717, 1.165) is 52.6 Å². The quantitative estimate of drug-likeness (QED) is 0.278. The van der Waals surface area contributed by atoms with Crippen molar-refractivity contribution in [1.29, 1.82) is 0 Å². The topological polar surface area (TPSA) is 121 Å². The van der Waals surface area contributed by atoms with Crippen molar-refractivity contribution < 1.29 is 4.74 Å². The van der Waals surface area contributed by atoms with Crippen molar-refractivity contribution in [2.75, 3.05) is 24.8 Å². The Kier molecular flexibility index (Phi) is 7.94. The molecule has 4 aromatic heterocycles. The van der Waals surface area contributed by atoms with Crippen molar-refractivity contribution in [2.24, 2.45) is 0 Å². The number of pyridine rings is 1. The lowest BCUT2D eigenvalue weighted by atomic mass is 10.1. The molecule has 1 N–H and O–H groups in total. The van der Waals surface area contributed by atoms with Gasteiger partial charge in [-0.3, -0.25) is 14.3 Å². The van der Waals surface area contributed by atoms with Gasteiger partial charge in [0.1, 0.15) is 11.8 Å². The third-order valence-electron chi connectivity index (χ3n) is 6.50. The zero-order chi connectivity index (χ0) is 26.6. The van der Waals surface area contributed by atoms with Gasteiger partial charge in [-0.05, 0) is 44.1 Å². The van der Waals surface area contributed by atoms with Crippen LogP contribution >= 0.6 is 11.8 Å². The molecule has 1 fully saturated rings. The summed E-state index contributed by atoms with van der Waals surface area (Å²) in [7, 11) is 1.62. The third-order valence-corrected chi connectivity index (χ3v) is 7.37. The zero-order valence-corrected chi connectivity index (χ0v) is 23.0. The number of ether oxygens (including phenoxy) is 1. The maximum atomic E-state index is 13.7. The van der Waals surface area contributed by atoms with Gasteiger partial charge in [-0.15, -0.1) is 11.8 Å². The first-order valence-corrected chi connectivity index (χ1v) is 14.0. The average molecular weight is 533 g/mol. The van der Waals surface area contributed by atoms with Gasteiger partial charge in [-0.25, -0.2) is 24.9 Å². The monoisotopic (exact) mass is 532 g/mol. The summed E-state index contributed by atoms with van der Waals surface area (Å²) < 4.78 is 7.04. The predicted molar refractivity (Wildman–Crippen MR) is 149 cm³/mol. The molecule has 0 radical (unpaired) electrons. The second kappa shape index (κ2) is 11.5. The van der Waals surface area contributed by atoms with Gasteiger partial charge in [-0.1, -0.05) is 13.8 Å². The van der Waals surface area contributed by atoms with Crippen LogP contribution in [0.25, 0.3) is 22.6 Å². The van der Waals surface area contributed by atoms with Gasteiger partial charge >= 0.3 is 0 Å². The molecule has 1 aliphatic carbocycles. The van der Waals surface area contributed by atoms with E-state index in [1.807, 2.05) is 25.3 Å². The van der Waals surface area contributed by atoms with E-state index in [9.17, 15) is 4.79 Å². The SMILES string of the molecule is CCSc1ccc(CNc2nc3cnc(-c4c(CC)ncnc4C4CC4)nc3n([C@@H](C)COC)c2=O)nc1. The highest BCUT2D eigenvalue weighted by Crippen LogP contribution is 2.43. The molecule has 0 bridgehead atoms. The van der Waals surface area contributed by atoms with E-state index in [4.69, 9.17) is 9.72 Å². The van der Waals surface area contributed by atoms with E-state index in [1.165, 1.54) is 0 Å². The molecule has 0 saturated heterocycles. The fourth-order valence-corrected chi connectivity index (χ4v) is 5.14. The minimum Gasteiger partial charge on any atom is -0.383 e. The van der Waals surface area contributed by atoms with Gasteiger partial charge in [0.2, 0.25) is 0 Å². The zero-order valence-electron chi connectivity index (χ0n) is 22.1. The Hall–Kier alpha value is -3.44. The molecule has 0 aliphatic heterocycles. The Morgan fingerprint density at radius 3 is 2.66 bits per heavy atom. The molecule has 4 heterocycles. The molecule has 1 atom stereocenters. The van der Waals surface area contributed by atoms with Crippen LogP contribution in [0.3, 0.4) is 0 Å². The first-order valence-electron chi connectivity index (χ1n) is 13.0. The average Bonchev–Trinajstić information content (AvgIpc) is 3.78. The van der Waals surface area contributed by atoms with E-state index in [0.29, 0.717) is 36.1 Å². The third kappa shape index (κ3) is 5.39. The van der Waals surface area contributed by atoms with E-state index >= 15 is 0 Å². The summed E-state index contributed by atoms with van der Waals surface area (Å²) in [5.74, 6) is 2.13. The van der Waals surface area contributed by atoms with E-state index in [-0.39, 0.29) is 17.4 Å². The molecule has 10 nitrogen and oxygen atoms in total. The summed E-state index contributed by atoms with van der Waals surface area (Å²) in [5.41, 5.74) is 4.28. The number of anilines is 1. The second-order valence-corrected chi connectivity index (χ2v) is 10.7. The summed E-state index contributed by atoms with van der Waals surface area (Å²) in [4.78, 5) is 42.6. The van der Waals surface area contributed by atoms with Crippen LogP contribution < -0.4 is 10.9 Å². The molecule has 0 amide bonds. The number of thioether (sulfide) groups is 1. The number of aromatic nitrogens is 7. The van der Waals surface area contributed by atoms with Gasteiger partial charge in [0.25, 0.3) is 5.56 Å². The molecule has 0 spiro atoms. The van der Waals surface area contributed by atoms with Crippen LogP contribution in [-0.4, -0.2) is 53.9 Å². The number of nitrogens with zero attached hydrogens (tertiary/aromatic N) is 7. The first-order chi connectivity index (χ1) is 18.5. The number of nitrogens with one attached hydrogen (secondary N) is 1. The molecular weight excluding hydrogens is 500 g/mol. The van der Waals surface area contributed by atoms with E-state index in [1.54, 1.807) is 36.0 Å². The molecule has 0 unspecified atom stereocenters. The molecule has 1 saturated carbocycles. The Labute approximate surface area is 225 Å². The van der Waals surface area contributed by atoms with Crippen molar-refractivity contribution in [3.8, 4) is 11.4 Å². The van der Waals surface area contributed by atoms with Crippen molar-refractivity contribution in [2.45, 2.75) is 63.4 Å². The van der Waals surface area contributed by atoms with Gasteiger partial charge in [-0.2, -0.15) is 0 Å². The highest BCUT2D eigenvalue weighted by molar-refractivity contribution is 7.99. The van der Waals surface area contributed by atoms with E-state index < -0.39 is 0 Å². The highest BCUT2D eigenvalue weighted by Gasteiger charge is 2.31. The number of hydrogen-bond donors (Lipinski definition) is 1. The minimum absolute atomic E-state index is 0.224. The normalized spacial score (nSPS) is 14.1. The van der Waals surface area contributed by atoms with Crippen LogP contribution in [0.1, 0.15) is 62.7 Å². The lowest BCUT2D eigenvalue weighted by Crippen LogP contribution is -2.30. The summed E-state index contributed by atoms with van der Waals surface area (Å²) >= 11 is 1.74. The summed E-state index contributed by atoms with van der Waals surface area (Å²) in [6.45, 7) is 6.81. The van der Waals surface area contributed by atoms with Crippen molar-refractivity contribution in [3.63, 3.8) is 0 Å². The Morgan fingerprint density at radius 2 is 1.97 bits per heavy atom. The number of rotatable bonds is 11. The minimum atomic E-state index is -0.273. The van der Waals surface area contributed by atoms with Crippen LogP contribution in [0.2, 0.25) is 0 Å². The Bertz CT molecular complexity index is 1490. The molecular formula is C27H32N8O2S. The number of hydrogen-bond acceptors (Lipinski definition) is 10. The van der Waals surface area contributed by atoms with Crippen LogP contribution in [0.4, 0.5) is 5.82 Å². The molecule has 5 rings (SSSR count).